The van der Waals surface area contributed by atoms with E-state index >= 15 is 0 Å². The number of nitrogens with zero attached hydrogens (tertiary/aromatic N) is 2. The summed E-state index contributed by atoms with van der Waals surface area (Å²) >= 11 is 0. The Balaban J connectivity index is 1.56. The van der Waals surface area contributed by atoms with Gasteiger partial charge in [-0.1, -0.05) is 23.7 Å². The summed E-state index contributed by atoms with van der Waals surface area (Å²) in [4.78, 5) is 2.49. The third-order valence-corrected chi connectivity index (χ3v) is 5.91. The van der Waals surface area contributed by atoms with Crippen LogP contribution in [0.1, 0.15) is 47.8 Å². The molecule has 1 aromatic carbocycles. The van der Waals surface area contributed by atoms with Crippen LogP contribution in [-0.2, 0) is 6.54 Å². The lowest BCUT2D eigenvalue weighted by Crippen LogP contribution is -2.52. The van der Waals surface area contributed by atoms with Crippen molar-refractivity contribution in [1.82, 2.24) is 20.9 Å². The van der Waals surface area contributed by atoms with Gasteiger partial charge in [0.25, 0.3) is 0 Å². The number of likely N-dealkylation sites (tertiary alicyclic amines) is 1. The van der Waals surface area contributed by atoms with Crippen molar-refractivity contribution >= 4 is 0 Å². The number of nitrogens with one attached hydrogen (secondary N) is 2. The van der Waals surface area contributed by atoms with Crippen molar-refractivity contribution in [2.24, 2.45) is 0 Å². The van der Waals surface area contributed by atoms with Gasteiger partial charge in [0.1, 0.15) is 11.6 Å². The molecule has 1 aromatic heterocycles. The average Bonchev–Trinajstić information content (AvgIpc) is 3.23. The van der Waals surface area contributed by atoms with E-state index in [1.54, 1.807) is 12.1 Å². The van der Waals surface area contributed by atoms with E-state index in [1.807, 2.05) is 13.0 Å². The van der Waals surface area contributed by atoms with Crippen LogP contribution < -0.4 is 10.9 Å². The van der Waals surface area contributed by atoms with Crippen molar-refractivity contribution < 1.29 is 8.91 Å². The van der Waals surface area contributed by atoms with Crippen LogP contribution >= 0.6 is 0 Å². The van der Waals surface area contributed by atoms with Crippen molar-refractivity contribution in [1.29, 1.82) is 0 Å². The second kappa shape index (κ2) is 7.47. The molecule has 2 aliphatic heterocycles. The Morgan fingerprint density at radius 2 is 2.19 bits per heavy atom. The summed E-state index contributed by atoms with van der Waals surface area (Å²) in [5.41, 5.74) is 9.96. The highest BCUT2D eigenvalue weighted by atomic mass is 19.1. The van der Waals surface area contributed by atoms with Gasteiger partial charge in [0, 0.05) is 30.7 Å². The van der Waals surface area contributed by atoms with Crippen LogP contribution in [0.5, 0.6) is 0 Å². The van der Waals surface area contributed by atoms with Gasteiger partial charge >= 0.3 is 0 Å². The molecule has 26 heavy (non-hydrogen) atoms. The van der Waals surface area contributed by atoms with E-state index in [-0.39, 0.29) is 17.8 Å². The van der Waals surface area contributed by atoms with Crippen LogP contribution in [0.25, 0.3) is 0 Å². The lowest BCUT2D eigenvalue weighted by atomic mass is 9.85. The fourth-order valence-electron chi connectivity index (χ4n) is 4.40. The first-order valence-electron chi connectivity index (χ1n) is 9.53. The lowest BCUT2D eigenvalue weighted by molar-refractivity contribution is 0.103. The molecule has 2 aromatic rings. The molecule has 0 radical (unpaired) electrons. The molecule has 6 heteroatoms. The number of hydrogen-bond acceptors (Lipinski definition) is 5. The molecular formula is C20H27FN4O. The predicted molar refractivity (Wildman–Crippen MR) is 98.1 cm³/mol. The zero-order valence-electron chi connectivity index (χ0n) is 15.5. The van der Waals surface area contributed by atoms with E-state index < -0.39 is 0 Å². The molecule has 0 spiro atoms. The van der Waals surface area contributed by atoms with Gasteiger partial charge in [-0.25, -0.2) is 4.39 Å². The van der Waals surface area contributed by atoms with E-state index in [0.29, 0.717) is 6.04 Å². The largest absolute Gasteiger partial charge is 0.360 e. The summed E-state index contributed by atoms with van der Waals surface area (Å²) in [6.07, 6.45) is 3.55. The zero-order valence-corrected chi connectivity index (χ0v) is 15.5. The molecule has 0 bridgehead atoms. The summed E-state index contributed by atoms with van der Waals surface area (Å²) in [6.45, 7) is 6.73. The number of hydrogen-bond donors (Lipinski definition) is 2. The summed E-state index contributed by atoms with van der Waals surface area (Å²) in [6, 6.07) is 7.60. The molecule has 2 N–H and O–H groups in total. The molecule has 3 unspecified atom stereocenters. The third kappa shape index (κ3) is 3.41. The quantitative estimate of drug-likeness (QED) is 0.880. The predicted octanol–water partition coefficient (Wildman–Crippen LogP) is 3.05. The van der Waals surface area contributed by atoms with E-state index in [2.05, 4.69) is 27.8 Å². The number of piperidine rings is 1. The van der Waals surface area contributed by atoms with E-state index in [0.717, 1.165) is 48.6 Å². The number of benzene rings is 1. The number of rotatable bonds is 4. The normalized spacial score (nSPS) is 27.1. The highest BCUT2D eigenvalue weighted by Gasteiger charge is 2.41. The minimum absolute atomic E-state index is 0.164. The second-order valence-electron chi connectivity index (χ2n) is 7.58. The summed E-state index contributed by atoms with van der Waals surface area (Å²) < 4.78 is 19.3. The van der Waals surface area contributed by atoms with Gasteiger partial charge in [-0.05, 0) is 50.9 Å². The smallest absolute Gasteiger partial charge is 0.145 e. The molecule has 0 aliphatic carbocycles. The molecule has 0 amide bonds. The Hall–Kier alpha value is -1.76. The third-order valence-electron chi connectivity index (χ3n) is 5.91. The lowest BCUT2D eigenvalue weighted by Gasteiger charge is -2.40. The first kappa shape index (κ1) is 17.6. The summed E-state index contributed by atoms with van der Waals surface area (Å²) in [5, 5.41) is 4.15. The van der Waals surface area contributed by atoms with E-state index in [9.17, 15) is 4.39 Å². The number of hydrazine groups is 1. The van der Waals surface area contributed by atoms with Gasteiger partial charge in [0.2, 0.25) is 0 Å². The molecule has 5 nitrogen and oxygen atoms in total. The topological polar surface area (TPSA) is 53.3 Å². The fourth-order valence-corrected chi connectivity index (χ4v) is 4.40. The highest BCUT2D eigenvalue weighted by molar-refractivity contribution is 5.26. The van der Waals surface area contributed by atoms with Crippen LogP contribution in [0.4, 0.5) is 4.39 Å². The van der Waals surface area contributed by atoms with Crippen LogP contribution in [0.15, 0.2) is 28.8 Å². The Labute approximate surface area is 153 Å². The van der Waals surface area contributed by atoms with Gasteiger partial charge < -0.3 is 4.52 Å². The molecule has 0 saturated carbocycles. The Morgan fingerprint density at radius 1 is 1.31 bits per heavy atom. The maximum Gasteiger partial charge on any atom is 0.145 e. The van der Waals surface area contributed by atoms with Crippen molar-refractivity contribution in [3.63, 3.8) is 0 Å². The maximum absolute atomic E-state index is 13.6. The van der Waals surface area contributed by atoms with Gasteiger partial charge in [0.15, 0.2) is 0 Å². The molecule has 3 heterocycles. The van der Waals surface area contributed by atoms with Crippen molar-refractivity contribution in [3.05, 3.63) is 52.7 Å². The highest BCUT2D eigenvalue weighted by Crippen LogP contribution is 2.33. The molecule has 2 saturated heterocycles. The Kier molecular flexibility index (Phi) is 5.07. The summed E-state index contributed by atoms with van der Waals surface area (Å²) in [7, 11) is 0. The first-order chi connectivity index (χ1) is 12.6. The number of aryl methyl sites for hydroxylation is 1. The van der Waals surface area contributed by atoms with Crippen LogP contribution in [0, 0.1) is 19.7 Å². The Bertz CT molecular complexity index is 762. The average molecular weight is 358 g/mol. The molecule has 3 atom stereocenters. The zero-order chi connectivity index (χ0) is 18.1. The number of halogens is 1. The van der Waals surface area contributed by atoms with Gasteiger partial charge in [-0.3, -0.25) is 15.8 Å². The molecule has 4 rings (SSSR count). The number of aromatic nitrogens is 1. The SMILES string of the molecule is Cc1noc(C2CNNC2C2CCCCN2Cc2cccc(F)c2)c1C. The Morgan fingerprint density at radius 3 is 2.96 bits per heavy atom. The van der Waals surface area contributed by atoms with Gasteiger partial charge in [-0.15, -0.1) is 0 Å². The molecule has 2 fully saturated rings. The molecular weight excluding hydrogens is 331 g/mol. The van der Waals surface area contributed by atoms with Gasteiger partial charge in [-0.2, -0.15) is 0 Å². The van der Waals surface area contributed by atoms with Crippen LogP contribution in [0.3, 0.4) is 0 Å². The fraction of sp³-hybridized carbons (Fsp3) is 0.550. The van der Waals surface area contributed by atoms with Gasteiger partial charge in [0.05, 0.1) is 11.6 Å². The minimum Gasteiger partial charge on any atom is -0.360 e. The van der Waals surface area contributed by atoms with Crippen molar-refractivity contribution in [2.75, 3.05) is 13.1 Å². The van der Waals surface area contributed by atoms with E-state index in [1.165, 1.54) is 18.9 Å². The van der Waals surface area contributed by atoms with E-state index in [4.69, 9.17) is 4.52 Å². The summed E-state index contributed by atoms with van der Waals surface area (Å²) in [5.74, 6) is 1.08. The molecule has 140 valence electrons. The van der Waals surface area contributed by atoms with Crippen molar-refractivity contribution in [2.45, 2.75) is 57.7 Å². The standard InChI is InChI=1S/C20H27FN4O/c1-13-14(2)24-26-20(13)17-11-22-23-19(17)18-8-3-4-9-25(18)12-15-6-5-7-16(21)10-15/h5-7,10,17-19,22-23H,3-4,8-9,11-12H2,1-2H3. The van der Waals surface area contributed by atoms with Crippen molar-refractivity contribution in [3.8, 4) is 0 Å². The first-order valence-corrected chi connectivity index (χ1v) is 9.53. The maximum atomic E-state index is 13.6. The van der Waals surface area contributed by atoms with Crippen LogP contribution in [0.2, 0.25) is 0 Å². The van der Waals surface area contributed by atoms with Crippen LogP contribution in [-0.4, -0.2) is 35.2 Å². The minimum atomic E-state index is -0.164. The molecule has 2 aliphatic rings. The second-order valence-corrected chi connectivity index (χ2v) is 7.58. The monoisotopic (exact) mass is 358 g/mol.